The van der Waals surface area contributed by atoms with E-state index in [-0.39, 0.29) is 0 Å². The van der Waals surface area contributed by atoms with Crippen LogP contribution in [0.25, 0.3) is 5.65 Å². The van der Waals surface area contributed by atoms with E-state index >= 15 is 0 Å². The first kappa shape index (κ1) is 15.2. The van der Waals surface area contributed by atoms with E-state index < -0.39 is 0 Å². The van der Waals surface area contributed by atoms with Crippen LogP contribution in [0.1, 0.15) is 42.1 Å². The fourth-order valence-corrected chi connectivity index (χ4v) is 2.93. The van der Waals surface area contributed by atoms with Gasteiger partial charge in [0, 0.05) is 43.0 Å². The summed E-state index contributed by atoms with van der Waals surface area (Å²) >= 11 is 0. The molecule has 0 atom stereocenters. The van der Waals surface area contributed by atoms with Gasteiger partial charge in [0.2, 0.25) is 0 Å². The zero-order chi connectivity index (χ0) is 15.5. The monoisotopic (exact) mass is 303 g/mol. The molecule has 22 heavy (non-hydrogen) atoms. The van der Waals surface area contributed by atoms with Crippen LogP contribution in [0.2, 0.25) is 0 Å². The Hall–Kier alpha value is -1.66. The maximum Gasteiger partial charge on any atom is 0.157 e. The van der Waals surface area contributed by atoms with Crippen molar-refractivity contribution >= 4 is 11.5 Å². The number of nitrogens with zero attached hydrogens (tertiary/aromatic N) is 3. The number of aryl methyl sites for hydroxylation is 1. The van der Waals surface area contributed by atoms with Crippen molar-refractivity contribution < 1.29 is 4.74 Å². The summed E-state index contributed by atoms with van der Waals surface area (Å²) < 4.78 is 7.40. The predicted molar refractivity (Wildman–Crippen MR) is 87.4 cm³/mol. The zero-order valence-electron chi connectivity index (χ0n) is 13.4. The van der Waals surface area contributed by atoms with Gasteiger partial charge in [-0.2, -0.15) is 9.61 Å². The van der Waals surface area contributed by atoms with E-state index in [1.54, 1.807) is 0 Å². The first-order chi connectivity index (χ1) is 10.7. The van der Waals surface area contributed by atoms with E-state index in [1.165, 1.54) is 0 Å². The van der Waals surface area contributed by atoms with Gasteiger partial charge in [0.1, 0.15) is 5.82 Å². The molecule has 0 saturated carbocycles. The molecule has 0 spiro atoms. The molecule has 0 radical (unpaired) electrons. The molecule has 2 aromatic heterocycles. The normalized spacial score (nSPS) is 16.3. The molecule has 0 unspecified atom stereocenters. The van der Waals surface area contributed by atoms with Crippen LogP contribution < -0.4 is 11.1 Å². The fraction of sp³-hybridized carbons (Fsp3) is 0.625. The van der Waals surface area contributed by atoms with Gasteiger partial charge in [-0.15, -0.1) is 0 Å². The molecule has 1 saturated heterocycles. The second kappa shape index (κ2) is 6.62. The van der Waals surface area contributed by atoms with Gasteiger partial charge >= 0.3 is 0 Å². The number of rotatable bonds is 5. The quantitative estimate of drug-likeness (QED) is 0.826. The summed E-state index contributed by atoms with van der Waals surface area (Å²) in [7, 11) is 0. The second-order valence-corrected chi connectivity index (χ2v) is 5.97. The summed E-state index contributed by atoms with van der Waals surface area (Å²) in [5.74, 6) is 1.52. The molecule has 6 nitrogen and oxygen atoms in total. The summed E-state index contributed by atoms with van der Waals surface area (Å²) in [4.78, 5) is 4.68. The highest BCUT2D eigenvalue weighted by Crippen LogP contribution is 2.28. The average molecular weight is 303 g/mol. The highest BCUT2D eigenvalue weighted by atomic mass is 16.5. The van der Waals surface area contributed by atoms with Crippen molar-refractivity contribution in [3.8, 4) is 0 Å². The van der Waals surface area contributed by atoms with Crippen LogP contribution in [0.4, 0.5) is 5.82 Å². The van der Waals surface area contributed by atoms with Gasteiger partial charge in [0.25, 0.3) is 0 Å². The van der Waals surface area contributed by atoms with Crippen LogP contribution in [0.5, 0.6) is 0 Å². The molecule has 0 amide bonds. The van der Waals surface area contributed by atoms with Gasteiger partial charge in [-0.05, 0) is 39.7 Å². The molecular formula is C16H25N5O. The van der Waals surface area contributed by atoms with Crippen LogP contribution in [0.15, 0.2) is 6.07 Å². The Balaban J connectivity index is 1.96. The number of hydrogen-bond acceptors (Lipinski definition) is 5. The Kier molecular flexibility index (Phi) is 4.59. The lowest BCUT2D eigenvalue weighted by molar-refractivity contribution is 0.0844. The van der Waals surface area contributed by atoms with Crippen molar-refractivity contribution in [3.63, 3.8) is 0 Å². The van der Waals surface area contributed by atoms with Crippen LogP contribution >= 0.6 is 0 Å². The van der Waals surface area contributed by atoms with Crippen molar-refractivity contribution in [1.82, 2.24) is 14.6 Å². The molecule has 1 aliphatic heterocycles. The molecule has 3 heterocycles. The van der Waals surface area contributed by atoms with Crippen LogP contribution in [0.3, 0.4) is 0 Å². The maximum atomic E-state index is 5.59. The highest BCUT2D eigenvalue weighted by molar-refractivity contribution is 5.55. The lowest BCUT2D eigenvalue weighted by atomic mass is 9.97. The van der Waals surface area contributed by atoms with Crippen LogP contribution in [-0.2, 0) is 4.74 Å². The standard InChI is InChI=1S/C16H25N5O/c1-11-12(2)19-15-10-14(13-4-8-22-9-5-13)20-21(15)16(11)18-7-3-6-17/h10,13,18H,3-9,17H2,1-2H3. The Labute approximate surface area is 131 Å². The van der Waals surface area contributed by atoms with E-state index in [0.29, 0.717) is 12.5 Å². The molecule has 2 aromatic rings. The van der Waals surface area contributed by atoms with Gasteiger partial charge in [-0.1, -0.05) is 0 Å². The Bertz CT molecular complexity index is 646. The molecule has 0 bridgehead atoms. The first-order valence-corrected chi connectivity index (χ1v) is 8.09. The van der Waals surface area contributed by atoms with Gasteiger partial charge in [0.15, 0.2) is 5.65 Å². The van der Waals surface area contributed by atoms with E-state index in [1.807, 2.05) is 11.4 Å². The fourth-order valence-electron chi connectivity index (χ4n) is 2.93. The lowest BCUT2D eigenvalue weighted by Gasteiger charge is -2.19. The zero-order valence-corrected chi connectivity index (χ0v) is 13.4. The van der Waals surface area contributed by atoms with Crippen molar-refractivity contribution in [2.45, 2.75) is 39.0 Å². The summed E-state index contributed by atoms with van der Waals surface area (Å²) in [5.41, 5.74) is 9.82. The van der Waals surface area contributed by atoms with Crippen LogP contribution in [0, 0.1) is 13.8 Å². The van der Waals surface area contributed by atoms with Crippen molar-refractivity contribution in [1.29, 1.82) is 0 Å². The van der Waals surface area contributed by atoms with Crippen LogP contribution in [-0.4, -0.2) is 40.9 Å². The van der Waals surface area contributed by atoms with Gasteiger partial charge in [-0.25, -0.2) is 4.98 Å². The maximum absolute atomic E-state index is 5.59. The highest BCUT2D eigenvalue weighted by Gasteiger charge is 2.20. The first-order valence-electron chi connectivity index (χ1n) is 8.09. The third-order valence-corrected chi connectivity index (χ3v) is 4.41. The summed E-state index contributed by atoms with van der Waals surface area (Å²) in [6.45, 7) is 7.32. The molecule has 3 rings (SSSR count). The molecule has 0 aromatic carbocycles. The Morgan fingerprint density at radius 3 is 2.86 bits per heavy atom. The second-order valence-electron chi connectivity index (χ2n) is 5.97. The number of fused-ring (bicyclic) bond motifs is 1. The smallest absolute Gasteiger partial charge is 0.157 e. The van der Waals surface area contributed by atoms with Gasteiger partial charge < -0.3 is 15.8 Å². The number of hydrogen-bond donors (Lipinski definition) is 2. The summed E-state index contributed by atoms with van der Waals surface area (Å²) in [5, 5.41) is 8.29. The third kappa shape index (κ3) is 2.94. The van der Waals surface area contributed by atoms with E-state index in [4.69, 9.17) is 15.6 Å². The van der Waals surface area contributed by atoms with E-state index in [2.05, 4.69) is 23.3 Å². The topological polar surface area (TPSA) is 77.5 Å². The molecule has 0 aliphatic carbocycles. The number of nitrogens with two attached hydrogens (primary N) is 1. The number of anilines is 1. The average Bonchev–Trinajstić information content (AvgIpc) is 2.95. The summed E-state index contributed by atoms with van der Waals surface area (Å²) in [6.07, 6.45) is 3.02. The van der Waals surface area contributed by atoms with E-state index in [9.17, 15) is 0 Å². The third-order valence-electron chi connectivity index (χ3n) is 4.41. The van der Waals surface area contributed by atoms with Crippen molar-refractivity contribution in [2.75, 3.05) is 31.6 Å². The van der Waals surface area contributed by atoms with Gasteiger partial charge in [-0.3, -0.25) is 0 Å². The SMILES string of the molecule is Cc1nc2cc(C3CCOCC3)nn2c(NCCCN)c1C. The molecular weight excluding hydrogens is 278 g/mol. The summed E-state index contributed by atoms with van der Waals surface area (Å²) in [6, 6.07) is 2.12. The number of nitrogens with one attached hydrogen (secondary N) is 1. The minimum Gasteiger partial charge on any atom is -0.381 e. The van der Waals surface area contributed by atoms with Gasteiger partial charge in [0.05, 0.1) is 5.69 Å². The Morgan fingerprint density at radius 2 is 2.14 bits per heavy atom. The molecule has 6 heteroatoms. The van der Waals surface area contributed by atoms with Crippen molar-refractivity contribution in [2.24, 2.45) is 5.73 Å². The molecule has 3 N–H and O–H groups in total. The molecule has 1 aliphatic rings. The predicted octanol–water partition coefficient (Wildman–Crippen LogP) is 2.00. The number of aromatic nitrogens is 3. The number of ether oxygens (including phenoxy) is 1. The molecule has 1 fully saturated rings. The minimum atomic E-state index is 0.480. The largest absolute Gasteiger partial charge is 0.381 e. The Morgan fingerprint density at radius 1 is 1.36 bits per heavy atom. The van der Waals surface area contributed by atoms with Crippen molar-refractivity contribution in [3.05, 3.63) is 23.0 Å². The van der Waals surface area contributed by atoms with E-state index in [0.717, 1.165) is 67.4 Å². The lowest BCUT2D eigenvalue weighted by Crippen LogP contribution is -2.15. The molecule has 120 valence electrons. The minimum absolute atomic E-state index is 0.480.